The molecule has 0 atom stereocenters. The van der Waals surface area contributed by atoms with E-state index in [-0.39, 0.29) is 19.3 Å². The monoisotopic (exact) mass is 463 g/mol. The molecule has 1 fully saturated rings. The second-order valence-electron chi connectivity index (χ2n) is 6.60. The standard InChI is InChI=1S/C19H20F3NO7S/c1-3-31(28,29)13-8-7-10(17(27)15-11(24)5-4-6-12(15)25)16(19(20,21)22)18(13)30-9-14(26)23-2/h7-8,27H,3-6,9H2,1-2H3,(H,23,26). The number of amides is 1. The van der Waals surface area contributed by atoms with E-state index in [0.29, 0.717) is 6.07 Å². The Morgan fingerprint density at radius 2 is 1.77 bits per heavy atom. The third-order valence-electron chi connectivity index (χ3n) is 4.60. The number of rotatable bonds is 6. The number of hydrogen-bond donors (Lipinski definition) is 2. The molecule has 8 nitrogen and oxygen atoms in total. The Kier molecular flexibility index (Phi) is 7.14. The van der Waals surface area contributed by atoms with Crippen LogP contribution < -0.4 is 10.1 Å². The Labute approximate surface area is 176 Å². The van der Waals surface area contributed by atoms with Gasteiger partial charge in [-0.05, 0) is 18.6 Å². The summed E-state index contributed by atoms with van der Waals surface area (Å²) in [5.41, 5.74) is -3.48. The van der Waals surface area contributed by atoms with E-state index in [1.165, 1.54) is 14.0 Å². The highest BCUT2D eigenvalue weighted by atomic mass is 32.2. The number of hydrogen-bond acceptors (Lipinski definition) is 7. The number of nitrogens with one attached hydrogen (secondary N) is 1. The molecule has 31 heavy (non-hydrogen) atoms. The van der Waals surface area contributed by atoms with Gasteiger partial charge in [0.2, 0.25) is 0 Å². The van der Waals surface area contributed by atoms with Crippen LogP contribution in [0.2, 0.25) is 0 Å². The molecule has 1 aromatic rings. The lowest BCUT2D eigenvalue weighted by molar-refractivity contribution is -0.140. The molecule has 1 aromatic carbocycles. The van der Waals surface area contributed by atoms with Crippen molar-refractivity contribution < 1.29 is 45.8 Å². The zero-order chi connectivity index (χ0) is 23.6. The van der Waals surface area contributed by atoms with Crippen molar-refractivity contribution in [3.63, 3.8) is 0 Å². The molecule has 0 saturated heterocycles. The van der Waals surface area contributed by atoms with E-state index < -0.39 is 79.0 Å². The van der Waals surface area contributed by atoms with Gasteiger partial charge in [0.1, 0.15) is 21.8 Å². The van der Waals surface area contributed by atoms with Crippen LogP contribution in [-0.2, 0) is 30.4 Å². The number of alkyl halides is 3. The fraction of sp³-hybridized carbons (Fsp3) is 0.421. The number of carbonyl (C=O) groups excluding carboxylic acids is 3. The van der Waals surface area contributed by atoms with Crippen LogP contribution in [-0.4, -0.2) is 50.4 Å². The average Bonchev–Trinajstić information content (AvgIpc) is 2.70. The predicted octanol–water partition coefficient (Wildman–Crippen LogP) is 2.21. The van der Waals surface area contributed by atoms with E-state index in [4.69, 9.17) is 4.74 Å². The van der Waals surface area contributed by atoms with Crippen LogP contribution in [0.3, 0.4) is 0 Å². The summed E-state index contributed by atoms with van der Waals surface area (Å²) in [5, 5.41) is 12.6. The average molecular weight is 463 g/mol. The highest BCUT2D eigenvalue weighted by Crippen LogP contribution is 2.45. The van der Waals surface area contributed by atoms with E-state index in [1.54, 1.807) is 0 Å². The number of sulfone groups is 1. The van der Waals surface area contributed by atoms with Gasteiger partial charge in [-0.15, -0.1) is 0 Å². The second-order valence-corrected chi connectivity index (χ2v) is 8.85. The Morgan fingerprint density at radius 1 is 1.19 bits per heavy atom. The molecule has 12 heteroatoms. The molecule has 1 aliphatic rings. The summed E-state index contributed by atoms with van der Waals surface area (Å²) < 4.78 is 71.8. The minimum Gasteiger partial charge on any atom is -0.506 e. The summed E-state index contributed by atoms with van der Waals surface area (Å²) in [4.78, 5) is 34.9. The molecule has 0 aliphatic heterocycles. The first kappa shape index (κ1) is 24.4. The molecule has 0 aromatic heterocycles. The largest absolute Gasteiger partial charge is 0.506 e. The van der Waals surface area contributed by atoms with Crippen LogP contribution in [0, 0.1) is 0 Å². The quantitative estimate of drug-likeness (QED) is 0.376. The molecule has 1 aliphatic carbocycles. The Balaban J connectivity index is 2.89. The number of aliphatic hydroxyl groups is 1. The maximum Gasteiger partial charge on any atom is 0.420 e. The topological polar surface area (TPSA) is 127 Å². The molecule has 170 valence electrons. The third-order valence-corrected chi connectivity index (χ3v) is 6.36. The van der Waals surface area contributed by atoms with Gasteiger partial charge in [-0.3, -0.25) is 14.4 Å². The zero-order valence-corrected chi connectivity index (χ0v) is 17.4. The maximum absolute atomic E-state index is 14.0. The van der Waals surface area contributed by atoms with Crippen LogP contribution in [0.4, 0.5) is 13.2 Å². The molecule has 0 heterocycles. The first-order chi connectivity index (χ1) is 14.3. The number of ether oxygens (including phenoxy) is 1. The number of likely N-dealkylation sites (N-methyl/N-ethyl adjacent to an activating group) is 1. The Bertz CT molecular complexity index is 1040. The van der Waals surface area contributed by atoms with Crippen LogP contribution >= 0.6 is 0 Å². The van der Waals surface area contributed by atoms with Crippen molar-refractivity contribution >= 4 is 33.1 Å². The molecule has 0 unspecified atom stereocenters. The molecule has 2 rings (SSSR count). The van der Waals surface area contributed by atoms with Crippen LogP contribution in [0.5, 0.6) is 5.75 Å². The van der Waals surface area contributed by atoms with Crippen molar-refractivity contribution in [3.8, 4) is 5.75 Å². The highest BCUT2D eigenvalue weighted by Gasteiger charge is 2.42. The summed E-state index contributed by atoms with van der Waals surface area (Å²) in [6, 6.07) is 1.44. The number of ketones is 2. The second kappa shape index (κ2) is 9.08. The predicted molar refractivity (Wildman–Crippen MR) is 102 cm³/mol. The number of halogens is 3. The number of allylic oxidation sites excluding steroid dienone is 1. The summed E-state index contributed by atoms with van der Waals surface area (Å²) >= 11 is 0. The fourth-order valence-electron chi connectivity index (χ4n) is 3.01. The van der Waals surface area contributed by atoms with Crippen molar-refractivity contribution in [3.05, 3.63) is 28.8 Å². The Hall–Kier alpha value is -2.89. The molecule has 0 bridgehead atoms. The summed E-state index contributed by atoms with van der Waals surface area (Å²) in [5.74, 6) is -5.45. The molecule has 0 spiro atoms. The van der Waals surface area contributed by atoms with Crippen molar-refractivity contribution in [2.45, 2.75) is 37.3 Å². The molecular formula is C19H20F3NO7S. The molecule has 1 saturated carbocycles. The number of Topliss-reactive ketones (excluding diaryl/α,β-unsaturated/α-hetero) is 2. The highest BCUT2D eigenvalue weighted by molar-refractivity contribution is 7.91. The smallest absolute Gasteiger partial charge is 0.420 e. The van der Waals surface area contributed by atoms with Gasteiger partial charge >= 0.3 is 6.18 Å². The Morgan fingerprint density at radius 3 is 2.26 bits per heavy atom. The van der Waals surface area contributed by atoms with Gasteiger partial charge < -0.3 is 15.2 Å². The maximum atomic E-state index is 14.0. The van der Waals surface area contributed by atoms with Crippen molar-refractivity contribution in [2.75, 3.05) is 19.4 Å². The van der Waals surface area contributed by atoms with E-state index in [2.05, 4.69) is 5.32 Å². The lowest BCUT2D eigenvalue weighted by Gasteiger charge is -2.22. The first-order valence-corrected chi connectivity index (χ1v) is 10.8. The third kappa shape index (κ3) is 5.06. The van der Waals surface area contributed by atoms with Crippen LogP contribution in [0.25, 0.3) is 5.76 Å². The van der Waals surface area contributed by atoms with E-state index in [0.717, 1.165) is 6.07 Å². The lowest BCUT2D eigenvalue weighted by Crippen LogP contribution is -2.27. The van der Waals surface area contributed by atoms with Crippen molar-refractivity contribution in [1.82, 2.24) is 5.32 Å². The van der Waals surface area contributed by atoms with E-state index >= 15 is 0 Å². The van der Waals surface area contributed by atoms with Gasteiger partial charge in [0.05, 0.1) is 5.75 Å². The van der Waals surface area contributed by atoms with E-state index in [1.807, 2.05) is 0 Å². The van der Waals surface area contributed by atoms with Crippen molar-refractivity contribution in [1.29, 1.82) is 0 Å². The molecular weight excluding hydrogens is 443 g/mol. The van der Waals surface area contributed by atoms with E-state index in [9.17, 15) is 41.1 Å². The minimum absolute atomic E-state index is 0.130. The first-order valence-electron chi connectivity index (χ1n) is 9.15. The van der Waals surface area contributed by atoms with Gasteiger partial charge in [-0.1, -0.05) is 6.92 Å². The van der Waals surface area contributed by atoms with Crippen LogP contribution in [0.15, 0.2) is 22.6 Å². The number of carbonyl (C=O) groups is 3. The summed E-state index contributed by atoms with van der Waals surface area (Å²) in [7, 11) is -3.04. The molecule has 2 N–H and O–H groups in total. The zero-order valence-electron chi connectivity index (χ0n) is 16.6. The lowest BCUT2D eigenvalue weighted by atomic mass is 9.88. The summed E-state index contributed by atoms with van der Waals surface area (Å²) in [6.07, 6.45) is -5.32. The van der Waals surface area contributed by atoms with Gasteiger partial charge in [0.15, 0.2) is 33.8 Å². The van der Waals surface area contributed by atoms with Gasteiger partial charge in [0, 0.05) is 25.5 Å². The molecule has 1 amide bonds. The van der Waals surface area contributed by atoms with Crippen LogP contribution in [0.1, 0.15) is 37.3 Å². The minimum atomic E-state index is -5.26. The summed E-state index contributed by atoms with van der Waals surface area (Å²) in [6.45, 7) is 0.266. The fourth-order valence-corrected chi connectivity index (χ4v) is 4.04. The number of benzene rings is 1. The SMILES string of the molecule is CCS(=O)(=O)c1ccc(C(O)=C2C(=O)CCCC2=O)c(C(F)(F)F)c1OCC(=O)NC. The van der Waals surface area contributed by atoms with Crippen molar-refractivity contribution in [2.24, 2.45) is 0 Å². The molecule has 0 radical (unpaired) electrons. The van der Waals surface area contributed by atoms with Gasteiger partial charge in [-0.25, -0.2) is 8.42 Å². The normalized spacial score (nSPS) is 15.1. The van der Waals surface area contributed by atoms with Gasteiger partial charge in [0.25, 0.3) is 5.91 Å². The number of aliphatic hydroxyl groups excluding tert-OH is 1. The van der Waals surface area contributed by atoms with Gasteiger partial charge in [-0.2, -0.15) is 13.2 Å².